The van der Waals surface area contributed by atoms with Gasteiger partial charge < -0.3 is 34.6 Å². The molecule has 1 aliphatic rings. The Morgan fingerprint density at radius 2 is 1.42 bits per heavy atom. The SMILES string of the molecule is CCCCC[C@H](O)/C=C/[C@@H]1[C@@H](CCCCCCC(=O)O[C@H](COC(=O)CCCCCCCCC(C)CC)COP(=O)(O)O)[C@@H](O)C[C@H]1O. The van der Waals surface area contributed by atoms with Crippen LogP contribution in [0.2, 0.25) is 0 Å². The van der Waals surface area contributed by atoms with Crippen molar-refractivity contribution in [3.05, 3.63) is 12.2 Å². The van der Waals surface area contributed by atoms with Crippen molar-refractivity contribution in [2.24, 2.45) is 17.8 Å². The lowest BCUT2D eigenvalue weighted by molar-refractivity contribution is -0.161. The Morgan fingerprint density at radius 3 is 2.06 bits per heavy atom. The van der Waals surface area contributed by atoms with Crippen LogP contribution in [0.1, 0.15) is 149 Å². The van der Waals surface area contributed by atoms with Crippen LogP contribution in [-0.4, -0.2) is 74.7 Å². The number of unbranched alkanes of at least 4 members (excludes halogenated alkanes) is 10. The zero-order valence-electron chi connectivity index (χ0n) is 29.9. The van der Waals surface area contributed by atoms with Crippen LogP contribution in [0, 0.1) is 17.8 Å². The van der Waals surface area contributed by atoms with E-state index in [1.807, 2.05) is 6.08 Å². The maximum absolute atomic E-state index is 12.5. The normalized spacial score (nSPS) is 21.8. The fourth-order valence-electron chi connectivity index (χ4n) is 6.21. The lowest BCUT2D eigenvalue weighted by Gasteiger charge is -2.21. The van der Waals surface area contributed by atoms with E-state index in [2.05, 4.69) is 25.3 Å². The zero-order valence-corrected chi connectivity index (χ0v) is 30.8. The molecule has 1 aliphatic carbocycles. The summed E-state index contributed by atoms with van der Waals surface area (Å²) in [5, 5.41) is 31.2. The van der Waals surface area contributed by atoms with Crippen molar-refractivity contribution in [3.63, 3.8) is 0 Å². The highest BCUT2D eigenvalue weighted by atomic mass is 31.2. The van der Waals surface area contributed by atoms with Crippen LogP contribution in [0.5, 0.6) is 0 Å². The van der Waals surface area contributed by atoms with E-state index in [1.54, 1.807) is 6.08 Å². The molecule has 282 valence electrons. The number of rotatable bonds is 29. The van der Waals surface area contributed by atoms with E-state index in [0.29, 0.717) is 25.7 Å². The average Bonchev–Trinajstić information content (AvgIpc) is 3.30. The Hall–Kier alpha value is -1.33. The summed E-state index contributed by atoms with van der Waals surface area (Å²) in [7, 11) is -4.81. The fraction of sp³-hybridized carbons (Fsp3) is 0.889. The fourth-order valence-corrected chi connectivity index (χ4v) is 6.57. The topological polar surface area (TPSA) is 180 Å². The van der Waals surface area contributed by atoms with Crippen LogP contribution in [0.4, 0.5) is 0 Å². The van der Waals surface area contributed by atoms with E-state index in [4.69, 9.17) is 19.3 Å². The number of aliphatic hydroxyl groups is 3. The summed E-state index contributed by atoms with van der Waals surface area (Å²) >= 11 is 0. The van der Waals surface area contributed by atoms with Gasteiger partial charge in [0.1, 0.15) is 6.61 Å². The Balaban J connectivity index is 2.35. The molecule has 0 saturated heterocycles. The Bertz CT molecular complexity index is 924. The standard InChI is InChI=1S/C36H67O11P/c1-4-6-13-19-29(37)23-24-32-31(33(38)25-34(32)39)20-15-11-12-17-22-36(41)47-30(27-46-48(42,43)44)26-45-35(40)21-16-10-8-7-9-14-18-28(3)5-2/h23-24,28-34,37-39H,4-22,25-27H2,1-3H3,(H2,42,43,44)/b24-23+/t28?,29-,30+,31+,32+,33-,34+/m0/s1. The first kappa shape index (κ1) is 44.7. The van der Waals surface area contributed by atoms with Crippen LogP contribution in [0.25, 0.3) is 0 Å². The van der Waals surface area contributed by atoms with Gasteiger partial charge in [0, 0.05) is 25.2 Å². The summed E-state index contributed by atoms with van der Waals surface area (Å²) in [6.45, 7) is 5.65. The Kier molecular flexibility index (Phi) is 24.6. The van der Waals surface area contributed by atoms with Gasteiger partial charge in [-0.25, -0.2) is 4.57 Å². The van der Waals surface area contributed by atoms with Crippen LogP contribution in [-0.2, 0) is 28.2 Å². The molecule has 0 aromatic carbocycles. The van der Waals surface area contributed by atoms with Crippen LogP contribution in [0.3, 0.4) is 0 Å². The molecule has 0 bridgehead atoms. The number of carbonyl (C=O) groups excluding carboxylic acids is 2. The largest absolute Gasteiger partial charge is 0.469 e. The summed E-state index contributed by atoms with van der Waals surface area (Å²) in [5.41, 5.74) is 0. The molecule has 0 radical (unpaired) electrons. The van der Waals surface area contributed by atoms with E-state index in [9.17, 15) is 29.5 Å². The first-order valence-electron chi connectivity index (χ1n) is 18.6. The maximum atomic E-state index is 12.5. The minimum Gasteiger partial charge on any atom is -0.462 e. The molecular weight excluding hydrogens is 639 g/mol. The molecule has 0 heterocycles. The van der Waals surface area contributed by atoms with Gasteiger partial charge in [-0.3, -0.25) is 14.1 Å². The summed E-state index contributed by atoms with van der Waals surface area (Å²) in [6, 6.07) is 0. The van der Waals surface area contributed by atoms with Crippen molar-refractivity contribution in [2.45, 2.75) is 174 Å². The monoisotopic (exact) mass is 706 g/mol. The van der Waals surface area contributed by atoms with Gasteiger partial charge in [-0.05, 0) is 37.5 Å². The second-order valence-electron chi connectivity index (χ2n) is 13.8. The van der Waals surface area contributed by atoms with Gasteiger partial charge in [0.2, 0.25) is 0 Å². The molecule has 0 aliphatic heterocycles. The van der Waals surface area contributed by atoms with E-state index >= 15 is 0 Å². The smallest absolute Gasteiger partial charge is 0.462 e. The van der Waals surface area contributed by atoms with Gasteiger partial charge >= 0.3 is 19.8 Å². The molecule has 7 atom stereocenters. The van der Waals surface area contributed by atoms with E-state index < -0.39 is 50.8 Å². The molecule has 0 aromatic heterocycles. The van der Waals surface area contributed by atoms with Crippen LogP contribution in [0.15, 0.2) is 12.2 Å². The number of hydrogen-bond donors (Lipinski definition) is 5. The Morgan fingerprint density at radius 1 is 0.812 bits per heavy atom. The van der Waals surface area contributed by atoms with E-state index in [1.165, 1.54) is 25.7 Å². The maximum Gasteiger partial charge on any atom is 0.469 e. The molecule has 12 heteroatoms. The number of aliphatic hydroxyl groups excluding tert-OH is 3. The van der Waals surface area contributed by atoms with E-state index in [-0.39, 0.29) is 31.3 Å². The number of carbonyl (C=O) groups is 2. The van der Waals surface area contributed by atoms with Gasteiger partial charge in [-0.1, -0.05) is 116 Å². The second-order valence-corrected chi connectivity index (χ2v) is 15.0. The third-order valence-corrected chi connectivity index (χ3v) is 9.91. The first-order valence-corrected chi connectivity index (χ1v) is 20.2. The molecule has 1 saturated carbocycles. The summed E-state index contributed by atoms with van der Waals surface area (Å²) in [5.74, 6) is -0.554. The van der Waals surface area contributed by atoms with Crippen LogP contribution < -0.4 is 0 Å². The summed E-state index contributed by atoms with van der Waals surface area (Å²) < 4.78 is 26.3. The molecule has 11 nitrogen and oxygen atoms in total. The third-order valence-electron chi connectivity index (χ3n) is 9.42. The third kappa shape index (κ3) is 22.4. The molecule has 48 heavy (non-hydrogen) atoms. The van der Waals surface area contributed by atoms with Gasteiger partial charge in [-0.2, -0.15) is 0 Å². The van der Waals surface area contributed by atoms with Gasteiger partial charge in [0.05, 0.1) is 24.9 Å². The number of ether oxygens (including phenoxy) is 2. The molecule has 5 N–H and O–H groups in total. The predicted octanol–water partition coefficient (Wildman–Crippen LogP) is 6.91. The van der Waals surface area contributed by atoms with Crippen molar-refractivity contribution < 1.29 is 53.3 Å². The molecule has 1 rings (SSSR count). The number of esters is 2. The molecule has 0 amide bonds. The van der Waals surface area contributed by atoms with Crippen molar-refractivity contribution in [1.82, 2.24) is 0 Å². The highest BCUT2D eigenvalue weighted by molar-refractivity contribution is 7.46. The highest BCUT2D eigenvalue weighted by Crippen LogP contribution is 2.38. The number of phosphoric ester groups is 1. The lowest BCUT2D eigenvalue weighted by atomic mass is 9.88. The van der Waals surface area contributed by atoms with Gasteiger partial charge in [0.25, 0.3) is 0 Å². The summed E-state index contributed by atoms with van der Waals surface area (Å²) in [6.07, 6.45) is 17.4. The minimum atomic E-state index is -4.81. The molecule has 1 unspecified atom stereocenters. The minimum absolute atomic E-state index is 0.0871. The van der Waals surface area contributed by atoms with Gasteiger partial charge in [-0.15, -0.1) is 0 Å². The van der Waals surface area contributed by atoms with Crippen LogP contribution >= 0.6 is 7.82 Å². The molecular formula is C36H67O11P. The quantitative estimate of drug-likeness (QED) is 0.0236. The highest BCUT2D eigenvalue weighted by Gasteiger charge is 2.39. The molecule has 1 fully saturated rings. The van der Waals surface area contributed by atoms with Gasteiger partial charge in [0.15, 0.2) is 6.10 Å². The number of hydrogen-bond acceptors (Lipinski definition) is 9. The lowest BCUT2D eigenvalue weighted by Crippen LogP contribution is -2.29. The van der Waals surface area contributed by atoms with Crippen molar-refractivity contribution in [3.8, 4) is 0 Å². The first-order chi connectivity index (χ1) is 22.9. The Labute approximate surface area is 289 Å². The average molecular weight is 707 g/mol. The van der Waals surface area contributed by atoms with Crippen molar-refractivity contribution >= 4 is 19.8 Å². The van der Waals surface area contributed by atoms with Crippen molar-refractivity contribution in [1.29, 1.82) is 0 Å². The van der Waals surface area contributed by atoms with Crippen molar-refractivity contribution in [2.75, 3.05) is 13.2 Å². The number of phosphoric acid groups is 1. The molecule has 0 aromatic rings. The second kappa shape index (κ2) is 26.5. The zero-order chi connectivity index (χ0) is 35.8. The summed E-state index contributed by atoms with van der Waals surface area (Å²) in [4.78, 5) is 42.8. The molecule has 0 spiro atoms. The predicted molar refractivity (Wildman–Crippen MR) is 186 cm³/mol. The van der Waals surface area contributed by atoms with E-state index in [0.717, 1.165) is 70.1 Å².